The van der Waals surface area contributed by atoms with Gasteiger partial charge in [-0.25, -0.2) is 0 Å². The first-order valence-electron chi connectivity index (χ1n) is 6.15. The highest BCUT2D eigenvalue weighted by molar-refractivity contribution is 5.93. The van der Waals surface area contributed by atoms with Crippen LogP contribution < -0.4 is 10.6 Å². The van der Waals surface area contributed by atoms with Gasteiger partial charge in [-0.05, 0) is 25.5 Å². The van der Waals surface area contributed by atoms with E-state index in [4.69, 9.17) is 5.73 Å². The molecule has 1 atom stereocenters. The van der Waals surface area contributed by atoms with Crippen molar-refractivity contribution in [2.75, 3.05) is 11.4 Å². The zero-order valence-corrected chi connectivity index (χ0v) is 10.6. The summed E-state index contributed by atoms with van der Waals surface area (Å²) in [7, 11) is 0. The maximum absolute atomic E-state index is 12.1. The molecule has 4 nitrogen and oxygen atoms in total. The van der Waals surface area contributed by atoms with Crippen LogP contribution in [0.15, 0.2) is 24.5 Å². The van der Waals surface area contributed by atoms with Crippen molar-refractivity contribution >= 4 is 11.6 Å². The number of hydrogen-bond donors (Lipinski definition) is 1. The second-order valence-corrected chi connectivity index (χ2v) is 4.10. The third-order valence-electron chi connectivity index (χ3n) is 2.69. The Morgan fingerprint density at radius 2 is 2.06 bits per heavy atom. The molecular weight excluding hydrogens is 214 g/mol. The first kappa shape index (κ1) is 13.6. The van der Waals surface area contributed by atoms with Crippen LogP contribution in [0.4, 0.5) is 5.69 Å². The number of carbonyl (C=O) groups is 1. The number of nitrogens with zero attached hydrogens (tertiary/aromatic N) is 2. The van der Waals surface area contributed by atoms with Crippen LogP contribution in [-0.2, 0) is 4.79 Å². The maximum atomic E-state index is 12.1. The molecule has 0 bridgehead atoms. The molecule has 0 aliphatic carbocycles. The van der Waals surface area contributed by atoms with Gasteiger partial charge in [0.05, 0.1) is 0 Å². The lowest BCUT2D eigenvalue weighted by Crippen LogP contribution is -2.35. The Balaban J connectivity index is 2.65. The van der Waals surface area contributed by atoms with Gasteiger partial charge in [-0.2, -0.15) is 0 Å². The summed E-state index contributed by atoms with van der Waals surface area (Å²) in [6, 6.07) is 3.64. The van der Waals surface area contributed by atoms with E-state index in [1.807, 2.05) is 19.1 Å². The Kier molecular flexibility index (Phi) is 5.63. The molecule has 17 heavy (non-hydrogen) atoms. The number of rotatable bonds is 6. The van der Waals surface area contributed by atoms with E-state index in [0.29, 0.717) is 13.0 Å². The molecule has 0 fully saturated rings. The smallest absolute Gasteiger partial charge is 0.228 e. The van der Waals surface area contributed by atoms with Gasteiger partial charge >= 0.3 is 0 Å². The average molecular weight is 235 g/mol. The summed E-state index contributed by atoms with van der Waals surface area (Å²) >= 11 is 0. The van der Waals surface area contributed by atoms with E-state index in [1.54, 1.807) is 17.3 Å². The van der Waals surface area contributed by atoms with Gasteiger partial charge in [0.1, 0.15) is 0 Å². The molecule has 1 aromatic rings. The largest absolute Gasteiger partial charge is 0.327 e. The van der Waals surface area contributed by atoms with E-state index in [9.17, 15) is 4.79 Å². The van der Waals surface area contributed by atoms with Crippen LogP contribution in [-0.4, -0.2) is 23.5 Å². The minimum atomic E-state index is -0.0385. The van der Waals surface area contributed by atoms with E-state index in [-0.39, 0.29) is 11.9 Å². The fraction of sp³-hybridized carbons (Fsp3) is 0.538. The highest BCUT2D eigenvalue weighted by Crippen LogP contribution is 2.14. The van der Waals surface area contributed by atoms with Gasteiger partial charge in [-0.1, -0.05) is 13.3 Å². The molecule has 0 saturated carbocycles. The van der Waals surface area contributed by atoms with Crippen molar-refractivity contribution in [2.24, 2.45) is 5.73 Å². The molecule has 0 aliphatic heterocycles. The van der Waals surface area contributed by atoms with Gasteiger partial charge < -0.3 is 10.6 Å². The quantitative estimate of drug-likeness (QED) is 0.820. The molecule has 0 spiro atoms. The van der Waals surface area contributed by atoms with Crippen molar-refractivity contribution in [3.63, 3.8) is 0 Å². The lowest BCUT2D eigenvalue weighted by atomic mass is 10.1. The number of carbonyl (C=O) groups excluding carboxylic acids is 1. The number of amides is 1. The molecule has 1 amide bonds. The van der Waals surface area contributed by atoms with Crippen LogP contribution in [0.2, 0.25) is 0 Å². The third kappa shape index (κ3) is 4.15. The van der Waals surface area contributed by atoms with Gasteiger partial charge in [0.25, 0.3) is 0 Å². The maximum Gasteiger partial charge on any atom is 0.228 e. The van der Waals surface area contributed by atoms with E-state index in [0.717, 1.165) is 18.5 Å². The monoisotopic (exact) mass is 235 g/mol. The third-order valence-corrected chi connectivity index (χ3v) is 2.69. The molecule has 0 aromatic carbocycles. The Hall–Kier alpha value is -1.42. The number of pyridine rings is 1. The molecule has 1 unspecified atom stereocenters. The van der Waals surface area contributed by atoms with Crippen molar-refractivity contribution in [1.29, 1.82) is 0 Å². The second-order valence-electron chi connectivity index (χ2n) is 4.10. The zero-order chi connectivity index (χ0) is 12.7. The summed E-state index contributed by atoms with van der Waals surface area (Å²) in [5.41, 5.74) is 6.78. The van der Waals surface area contributed by atoms with Crippen LogP contribution in [0.5, 0.6) is 0 Å². The molecule has 4 heteroatoms. The first-order chi connectivity index (χ1) is 8.19. The van der Waals surface area contributed by atoms with Crippen molar-refractivity contribution < 1.29 is 4.79 Å². The van der Waals surface area contributed by atoms with Gasteiger partial charge in [0, 0.05) is 37.1 Å². The highest BCUT2D eigenvalue weighted by Gasteiger charge is 2.16. The summed E-state index contributed by atoms with van der Waals surface area (Å²) in [6.07, 6.45) is 5.69. The predicted molar refractivity (Wildman–Crippen MR) is 69.8 cm³/mol. The molecule has 1 aromatic heterocycles. The van der Waals surface area contributed by atoms with Crippen molar-refractivity contribution in [2.45, 2.75) is 39.2 Å². The standard InChI is InChI=1S/C13H21N3O/c1-3-5-11(14)10-13(17)16(4-2)12-6-8-15-9-7-12/h6-9,11H,3-5,10,14H2,1-2H3. The van der Waals surface area contributed by atoms with Crippen LogP contribution in [0.3, 0.4) is 0 Å². The lowest BCUT2D eigenvalue weighted by Gasteiger charge is -2.22. The lowest BCUT2D eigenvalue weighted by molar-refractivity contribution is -0.118. The number of hydrogen-bond acceptors (Lipinski definition) is 3. The van der Waals surface area contributed by atoms with Gasteiger partial charge in [0.15, 0.2) is 0 Å². The molecule has 0 radical (unpaired) electrons. The van der Waals surface area contributed by atoms with Gasteiger partial charge in [-0.3, -0.25) is 9.78 Å². The molecule has 1 rings (SSSR count). The summed E-state index contributed by atoms with van der Waals surface area (Å²) in [4.78, 5) is 17.8. The van der Waals surface area contributed by atoms with Crippen LogP contribution in [0, 0.1) is 0 Å². The van der Waals surface area contributed by atoms with Crippen LogP contribution in [0.1, 0.15) is 33.1 Å². The highest BCUT2D eigenvalue weighted by atomic mass is 16.2. The molecule has 2 N–H and O–H groups in total. The van der Waals surface area contributed by atoms with Crippen molar-refractivity contribution in [3.8, 4) is 0 Å². The van der Waals surface area contributed by atoms with E-state index in [1.165, 1.54) is 0 Å². The Morgan fingerprint density at radius 1 is 1.41 bits per heavy atom. The second kappa shape index (κ2) is 7.01. The minimum absolute atomic E-state index is 0.0385. The number of anilines is 1. The van der Waals surface area contributed by atoms with Crippen LogP contribution >= 0.6 is 0 Å². The summed E-state index contributed by atoms with van der Waals surface area (Å²) < 4.78 is 0. The summed E-state index contributed by atoms with van der Waals surface area (Å²) in [5, 5.41) is 0. The van der Waals surface area contributed by atoms with Crippen LogP contribution in [0.25, 0.3) is 0 Å². The molecule has 0 saturated heterocycles. The summed E-state index contributed by atoms with van der Waals surface area (Å²) in [6.45, 7) is 4.69. The first-order valence-corrected chi connectivity index (χ1v) is 6.15. The SMILES string of the molecule is CCCC(N)CC(=O)N(CC)c1ccncc1. The Labute approximate surface area is 103 Å². The molecule has 1 heterocycles. The Morgan fingerprint density at radius 3 is 2.59 bits per heavy atom. The molecule has 0 aliphatic rings. The molecule has 94 valence electrons. The fourth-order valence-corrected chi connectivity index (χ4v) is 1.83. The van der Waals surface area contributed by atoms with E-state index < -0.39 is 0 Å². The average Bonchev–Trinajstić information content (AvgIpc) is 2.31. The van der Waals surface area contributed by atoms with Gasteiger partial charge in [-0.15, -0.1) is 0 Å². The molecular formula is C13H21N3O. The number of nitrogens with two attached hydrogens (primary N) is 1. The number of aromatic nitrogens is 1. The Bertz CT molecular complexity index is 340. The van der Waals surface area contributed by atoms with Crippen molar-refractivity contribution in [1.82, 2.24) is 4.98 Å². The predicted octanol–water partition coefficient (Wildman–Crippen LogP) is 1.95. The topological polar surface area (TPSA) is 59.2 Å². The van der Waals surface area contributed by atoms with E-state index >= 15 is 0 Å². The fourth-order valence-electron chi connectivity index (χ4n) is 1.83. The van der Waals surface area contributed by atoms with Crippen molar-refractivity contribution in [3.05, 3.63) is 24.5 Å². The van der Waals surface area contributed by atoms with E-state index in [2.05, 4.69) is 11.9 Å². The minimum Gasteiger partial charge on any atom is -0.327 e. The summed E-state index contributed by atoms with van der Waals surface area (Å²) in [5.74, 6) is 0.0830. The normalized spacial score (nSPS) is 12.2. The van der Waals surface area contributed by atoms with Gasteiger partial charge in [0.2, 0.25) is 5.91 Å². The zero-order valence-electron chi connectivity index (χ0n) is 10.6.